The Hall–Kier alpha value is -1.33. The number of benzene rings is 2. The fourth-order valence-corrected chi connectivity index (χ4v) is 3.31. The average Bonchev–Trinajstić information content (AvgIpc) is 3.01. The first-order valence-electron chi connectivity index (χ1n) is 8.90. The Morgan fingerprint density at radius 2 is 1.78 bits per heavy atom. The summed E-state index contributed by atoms with van der Waals surface area (Å²) in [4.78, 5) is 25.8. The van der Waals surface area contributed by atoms with Gasteiger partial charge < -0.3 is 6.16 Å². The number of halogens is 1. The maximum Gasteiger partial charge on any atom is 1.00 e. The molecule has 1 aliphatic rings. The quantitative estimate of drug-likeness (QED) is 0.530. The van der Waals surface area contributed by atoms with Crippen LogP contribution in [0.4, 0.5) is 4.79 Å². The molecule has 2 amide bonds. The second kappa shape index (κ2) is 10.9. The van der Waals surface area contributed by atoms with Gasteiger partial charge in [0.25, 0.3) is 0 Å². The number of amides is 2. The molecule has 0 saturated carbocycles. The molecule has 2 aromatic carbocycles. The molecule has 0 radical (unpaired) electrons. The molecule has 0 unspecified atom stereocenters. The number of hydrogen-bond donors (Lipinski definition) is 0. The molecule has 1 heterocycles. The summed E-state index contributed by atoms with van der Waals surface area (Å²) < 4.78 is 5.11. The molecule has 3 rings (SSSR count). The molecule has 0 spiro atoms. The summed E-state index contributed by atoms with van der Waals surface area (Å²) in [5.41, 5.74) is 2.29. The van der Waals surface area contributed by atoms with Gasteiger partial charge >= 0.3 is 35.7 Å². The Balaban J connectivity index is 0.00000196. The summed E-state index contributed by atoms with van der Waals surface area (Å²) in [7, 11) is 0. The average molecular weight is 396 g/mol. The first-order valence-corrected chi connectivity index (χ1v) is 9.28. The van der Waals surface area contributed by atoms with Gasteiger partial charge in [-0.3, -0.25) is 4.79 Å². The molecule has 138 valence electrons. The molecule has 0 bridgehead atoms. The molecule has 1 saturated heterocycles. The number of nitrogens with zero attached hydrogens (tertiary/aromatic N) is 1. The zero-order valence-electron chi connectivity index (χ0n) is 16.6. The van der Waals surface area contributed by atoms with Gasteiger partial charge in [0.2, 0.25) is 5.91 Å². The standard InChI is InChI=1S/C21H22ClNO3.Na.H/c22-18-12-10-16(11-13-18)6-4-5-9-20(24)23-19(15-26-21(23)25)14-17-7-2-1-3-8-17;;/h1-3,7-8,10-13,19H,4-6,9,14-15H2;;/q;+1;-1/t19-;;/m0../s1. The van der Waals surface area contributed by atoms with E-state index in [0.717, 1.165) is 29.8 Å². The topological polar surface area (TPSA) is 46.6 Å². The minimum absolute atomic E-state index is 0. The maximum atomic E-state index is 12.5. The number of cyclic esters (lactones) is 1. The van der Waals surface area contributed by atoms with Crippen molar-refractivity contribution in [3.63, 3.8) is 0 Å². The smallest absolute Gasteiger partial charge is 1.00 e. The minimum atomic E-state index is -0.520. The molecular formula is C21H23ClNNaO3. The van der Waals surface area contributed by atoms with E-state index < -0.39 is 6.09 Å². The number of unbranched alkanes of at least 4 members (excludes halogenated alkanes) is 1. The maximum absolute atomic E-state index is 12.5. The van der Waals surface area contributed by atoms with Gasteiger partial charge in [-0.15, -0.1) is 0 Å². The van der Waals surface area contributed by atoms with Crippen molar-refractivity contribution in [2.75, 3.05) is 6.61 Å². The predicted molar refractivity (Wildman–Crippen MR) is 102 cm³/mol. The molecule has 2 aromatic rings. The number of aryl methyl sites for hydroxylation is 1. The summed E-state index contributed by atoms with van der Waals surface area (Å²) in [6.07, 6.45) is 2.98. The van der Waals surface area contributed by atoms with E-state index in [2.05, 4.69) is 0 Å². The monoisotopic (exact) mass is 395 g/mol. The van der Waals surface area contributed by atoms with Gasteiger partial charge in [0.1, 0.15) is 6.61 Å². The van der Waals surface area contributed by atoms with Crippen molar-refractivity contribution in [2.24, 2.45) is 0 Å². The predicted octanol–water partition coefficient (Wildman–Crippen LogP) is 1.76. The van der Waals surface area contributed by atoms with E-state index in [-0.39, 0.29) is 49.5 Å². The van der Waals surface area contributed by atoms with Crippen LogP contribution in [0.25, 0.3) is 0 Å². The van der Waals surface area contributed by atoms with E-state index in [1.807, 2.05) is 54.6 Å². The third kappa shape index (κ3) is 6.35. The fourth-order valence-electron chi connectivity index (χ4n) is 3.18. The third-order valence-electron chi connectivity index (χ3n) is 4.56. The van der Waals surface area contributed by atoms with E-state index in [1.165, 1.54) is 10.5 Å². The second-order valence-corrected chi connectivity index (χ2v) is 6.95. The van der Waals surface area contributed by atoms with Crippen molar-refractivity contribution in [3.8, 4) is 0 Å². The van der Waals surface area contributed by atoms with Gasteiger partial charge in [-0.2, -0.15) is 0 Å². The number of carbonyl (C=O) groups is 2. The van der Waals surface area contributed by atoms with Crippen LogP contribution in [0.1, 0.15) is 31.8 Å². The van der Waals surface area contributed by atoms with Crippen LogP contribution in [0, 0.1) is 0 Å². The van der Waals surface area contributed by atoms with E-state index in [4.69, 9.17) is 16.3 Å². The summed E-state index contributed by atoms with van der Waals surface area (Å²) in [6, 6.07) is 17.4. The van der Waals surface area contributed by atoms with Gasteiger partial charge in [0.05, 0.1) is 6.04 Å². The van der Waals surface area contributed by atoms with Crippen molar-refractivity contribution in [3.05, 3.63) is 70.7 Å². The first-order chi connectivity index (χ1) is 12.6. The Morgan fingerprint density at radius 3 is 2.48 bits per heavy atom. The van der Waals surface area contributed by atoms with Gasteiger partial charge in [-0.25, -0.2) is 9.69 Å². The van der Waals surface area contributed by atoms with Crippen LogP contribution in [0.2, 0.25) is 5.02 Å². The fraction of sp³-hybridized carbons (Fsp3) is 0.333. The number of ether oxygens (including phenoxy) is 1. The molecule has 27 heavy (non-hydrogen) atoms. The van der Waals surface area contributed by atoms with E-state index in [9.17, 15) is 9.59 Å². The molecule has 6 heteroatoms. The van der Waals surface area contributed by atoms with E-state index in [0.29, 0.717) is 12.8 Å². The Bertz CT molecular complexity index is 758. The Labute approximate surface area is 188 Å². The van der Waals surface area contributed by atoms with Crippen molar-refractivity contribution in [1.82, 2.24) is 4.90 Å². The SMILES string of the molecule is O=C(CCCCc1ccc(Cl)cc1)N1C(=O)OC[C@@H]1Cc1ccccc1.[H-].[Na+]. The van der Waals surface area contributed by atoms with Crippen molar-refractivity contribution in [1.29, 1.82) is 0 Å². The Morgan fingerprint density at radius 1 is 1.07 bits per heavy atom. The molecule has 0 N–H and O–H groups in total. The van der Waals surface area contributed by atoms with Gasteiger partial charge in [-0.1, -0.05) is 54.1 Å². The van der Waals surface area contributed by atoms with Crippen LogP contribution in [-0.4, -0.2) is 29.5 Å². The molecule has 1 aliphatic heterocycles. The van der Waals surface area contributed by atoms with Gasteiger partial charge in [0, 0.05) is 11.4 Å². The largest absolute Gasteiger partial charge is 1.00 e. The van der Waals surface area contributed by atoms with Crippen LogP contribution >= 0.6 is 11.6 Å². The van der Waals surface area contributed by atoms with Crippen LogP contribution < -0.4 is 29.6 Å². The first kappa shape index (κ1) is 22.0. The number of hydrogen-bond acceptors (Lipinski definition) is 3. The van der Waals surface area contributed by atoms with Crippen molar-refractivity contribution < 1.29 is 45.3 Å². The number of rotatable bonds is 7. The number of carbonyl (C=O) groups excluding carboxylic acids is 2. The molecule has 0 aliphatic carbocycles. The second-order valence-electron chi connectivity index (χ2n) is 6.52. The molecule has 0 aromatic heterocycles. The third-order valence-corrected chi connectivity index (χ3v) is 4.82. The molecule has 1 fully saturated rings. The summed E-state index contributed by atoms with van der Waals surface area (Å²) in [5, 5.41) is 0.723. The Kier molecular flexibility index (Phi) is 8.84. The van der Waals surface area contributed by atoms with Crippen LogP contribution in [0.3, 0.4) is 0 Å². The summed E-state index contributed by atoms with van der Waals surface area (Å²) in [6.45, 7) is 0.268. The van der Waals surface area contributed by atoms with Crippen molar-refractivity contribution in [2.45, 2.75) is 38.1 Å². The van der Waals surface area contributed by atoms with Crippen molar-refractivity contribution >= 4 is 23.6 Å². The number of imide groups is 1. The summed E-state index contributed by atoms with van der Waals surface area (Å²) in [5.74, 6) is -0.149. The normalized spacial score (nSPS) is 16.0. The van der Waals surface area contributed by atoms with Crippen LogP contribution in [0.5, 0.6) is 0 Å². The zero-order valence-corrected chi connectivity index (χ0v) is 18.3. The van der Waals surface area contributed by atoms with E-state index in [1.54, 1.807) is 0 Å². The molecule has 1 atom stereocenters. The zero-order chi connectivity index (χ0) is 18.4. The van der Waals surface area contributed by atoms with Crippen LogP contribution in [0.15, 0.2) is 54.6 Å². The van der Waals surface area contributed by atoms with Gasteiger partial charge in [0.15, 0.2) is 0 Å². The van der Waals surface area contributed by atoms with Crippen LogP contribution in [-0.2, 0) is 22.4 Å². The van der Waals surface area contributed by atoms with E-state index >= 15 is 0 Å². The molecule has 4 nitrogen and oxygen atoms in total. The minimum Gasteiger partial charge on any atom is -1.00 e. The summed E-state index contributed by atoms with van der Waals surface area (Å²) >= 11 is 5.88. The molecular weight excluding hydrogens is 373 g/mol. The van der Waals surface area contributed by atoms with Gasteiger partial charge in [-0.05, 0) is 48.9 Å².